The van der Waals surface area contributed by atoms with Gasteiger partial charge in [-0.2, -0.15) is 0 Å². The second-order valence-electron chi connectivity index (χ2n) is 9.74. The van der Waals surface area contributed by atoms with E-state index < -0.39 is 28.5 Å². The Morgan fingerprint density at radius 2 is 1.81 bits per heavy atom. The molecule has 1 amide bonds. The Balaban J connectivity index is 1.51. The Labute approximate surface area is 214 Å². The Hall–Kier alpha value is -3.40. The number of rotatable bonds is 4. The lowest BCUT2D eigenvalue weighted by molar-refractivity contribution is -0.117. The van der Waals surface area contributed by atoms with Gasteiger partial charge in [-0.15, -0.1) is 0 Å². The van der Waals surface area contributed by atoms with Crippen molar-refractivity contribution in [3.63, 3.8) is 0 Å². The molecule has 0 aliphatic carbocycles. The number of carbonyl (C=O) groups excluding carboxylic acids is 1. The van der Waals surface area contributed by atoms with E-state index in [2.05, 4.69) is 9.72 Å². The van der Waals surface area contributed by atoms with Crippen molar-refractivity contribution >= 4 is 33.4 Å². The Morgan fingerprint density at radius 1 is 1.03 bits per heavy atom. The van der Waals surface area contributed by atoms with Crippen LogP contribution in [0.3, 0.4) is 0 Å². The quantitative estimate of drug-likeness (QED) is 0.350. The zero-order chi connectivity index (χ0) is 25.8. The predicted octanol–water partition coefficient (Wildman–Crippen LogP) is 5.54. The summed E-state index contributed by atoms with van der Waals surface area (Å²) in [5, 5.41) is 4.07. The second-order valence-corrected chi connectivity index (χ2v) is 11.4. The number of benzene rings is 2. The van der Waals surface area contributed by atoms with Crippen molar-refractivity contribution in [2.75, 3.05) is 16.4 Å². The molecule has 2 aliphatic heterocycles. The highest BCUT2D eigenvalue weighted by atomic mass is 32.2. The number of halogens is 2. The molecule has 0 radical (unpaired) electrons. The number of aromatic nitrogens is 3. The number of aryl methyl sites for hydroxylation is 2. The average Bonchev–Trinajstić information content (AvgIpc) is 3.55. The lowest BCUT2D eigenvalue weighted by atomic mass is 10.0. The minimum absolute atomic E-state index is 0.0742. The molecule has 6 rings (SSSR count). The van der Waals surface area contributed by atoms with Gasteiger partial charge < -0.3 is 14.0 Å². The first-order valence-corrected chi connectivity index (χ1v) is 13.9. The second kappa shape index (κ2) is 9.16. The van der Waals surface area contributed by atoms with Crippen LogP contribution in [-0.4, -0.2) is 36.3 Å². The van der Waals surface area contributed by atoms with E-state index in [1.807, 2.05) is 32.0 Å². The van der Waals surface area contributed by atoms with Crippen molar-refractivity contribution in [2.45, 2.75) is 51.6 Å². The summed E-state index contributed by atoms with van der Waals surface area (Å²) in [5.74, 6) is 0.533. The topological polar surface area (TPSA) is 81.2 Å². The minimum Gasteiger partial charge on any atom is -0.361 e. The fourth-order valence-electron chi connectivity index (χ4n) is 5.71. The van der Waals surface area contributed by atoms with Crippen LogP contribution in [0.15, 0.2) is 40.9 Å². The number of nitrogens with zero attached hydrogens (tertiary/aromatic N) is 4. The summed E-state index contributed by atoms with van der Waals surface area (Å²) in [6.45, 7) is 3.77. The van der Waals surface area contributed by atoms with E-state index in [1.165, 1.54) is 11.0 Å². The molecule has 37 heavy (non-hydrogen) atoms. The molecule has 0 unspecified atom stereocenters. The molecule has 2 saturated heterocycles. The molecular formula is C27H26F2N4O3S. The number of hydrogen-bond donors (Lipinski definition) is 0. The lowest BCUT2D eigenvalue weighted by Crippen LogP contribution is -2.31. The summed E-state index contributed by atoms with van der Waals surface area (Å²) in [5.41, 5.74) is 4.65. The van der Waals surface area contributed by atoms with Gasteiger partial charge >= 0.3 is 0 Å². The molecule has 4 aromatic rings. The van der Waals surface area contributed by atoms with Crippen LogP contribution in [0.1, 0.15) is 55.0 Å². The van der Waals surface area contributed by atoms with Crippen LogP contribution in [0.25, 0.3) is 22.2 Å². The first-order valence-electron chi connectivity index (χ1n) is 12.4. The van der Waals surface area contributed by atoms with Crippen molar-refractivity contribution in [1.82, 2.24) is 14.7 Å². The Bertz CT molecular complexity index is 1530. The maximum Gasteiger partial charge on any atom is 0.227 e. The maximum absolute atomic E-state index is 14.1. The highest BCUT2D eigenvalue weighted by Crippen LogP contribution is 2.41. The molecule has 2 aromatic carbocycles. The number of imidazole rings is 1. The third kappa shape index (κ3) is 4.07. The van der Waals surface area contributed by atoms with Gasteiger partial charge in [0.1, 0.15) is 11.6 Å². The van der Waals surface area contributed by atoms with Crippen LogP contribution in [0.4, 0.5) is 14.5 Å². The van der Waals surface area contributed by atoms with Crippen molar-refractivity contribution < 1.29 is 22.3 Å². The van der Waals surface area contributed by atoms with Gasteiger partial charge in [-0.25, -0.2) is 13.8 Å². The standard InChI is InChI=1S/C27H26F2N4O3S/c1-15-26(16(2)36-31-15)17-3-6-23-22(13-17)30-27(33(23)18-9-11-37(35)12-10-18)24-7-8-25(34)32(24)19-4-5-20(28)21(29)14-19/h3-6,13-14,18,24H,7-12H2,1-2H3/t18?,24-,37?/m0/s1. The van der Waals surface area contributed by atoms with Crippen molar-refractivity contribution in [3.05, 3.63) is 65.3 Å². The number of hydrogen-bond acceptors (Lipinski definition) is 5. The predicted molar refractivity (Wildman–Crippen MR) is 137 cm³/mol. The molecule has 0 saturated carbocycles. The molecule has 7 nitrogen and oxygen atoms in total. The monoisotopic (exact) mass is 524 g/mol. The van der Waals surface area contributed by atoms with Gasteiger partial charge in [0.15, 0.2) is 11.6 Å². The molecule has 0 spiro atoms. The molecule has 192 valence electrons. The normalized spacial score (nSPS) is 22.3. The number of anilines is 1. The molecule has 0 N–H and O–H groups in total. The minimum atomic E-state index is -0.997. The van der Waals surface area contributed by atoms with E-state index in [0.717, 1.165) is 58.6 Å². The zero-order valence-electron chi connectivity index (χ0n) is 20.5. The van der Waals surface area contributed by atoms with Crippen LogP contribution in [0, 0.1) is 25.5 Å². The maximum atomic E-state index is 14.1. The summed E-state index contributed by atoms with van der Waals surface area (Å²) < 4.78 is 47.5. The van der Waals surface area contributed by atoms with Gasteiger partial charge in [-0.3, -0.25) is 9.00 Å². The number of carbonyl (C=O) groups is 1. The molecule has 10 heteroatoms. The molecule has 0 bridgehead atoms. The van der Waals surface area contributed by atoms with Gasteiger partial charge in [0, 0.05) is 52.1 Å². The van der Waals surface area contributed by atoms with Crippen LogP contribution < -0.4 is 4.90 Å². The Kier molecular flexibility index (Phi) is 5.94. The smallest absolute Gasteiger partial charge is 0.227 e. The SMILES string of the molecule is Cc1noc(C)c1-c1ccc2c(c1)nc([C@@H]1CCC(=O)N1c1ccc(F)c(F)c1)n2C1CCS(=O)CC1. The fourth-order valence-corrected chi connectivity index (χ4v) is 6.99. The van der Waals surface area contributed by atoms with Gasteiger partial charge in [-0.05, 0) is 62.9 Å². The lowest BCUT2D eigenvalue weighted by Gasteiger charge is -2.30. The van der Waals surface area contributed by atoms with Gasteiger partial charge in [0.05, 0.1) is 22.8 Å². The zero-order valence-corrected chi connectivity index (χ0v) is 21.4. The molecule has 2 aliphatic rings. The summed E-state index contributed by atoms with van der Waals surface area (Å²) in [6.07, 6.45) is 2.27. The Morgan fingerprint density at radius 3 is 2.51 bits per heavy atom. The molecular weight excluding hydrogens is 498 g/mol. The summed E-state index contributed by atoms with van der Waals surface area (Å²) >= 11 is 0. The number of fused-ring (bicyclic) bond motifs is 1. The highest BCUT2D eigenvalue weighted by Gasteiger charge is 2.38. The van der Waals surface area contributed by atoms with Crippen LogP contribution in [-0.2, 0) is 15.6 Å². The molecule has 2 fully saturated rings. The van der Waals surface area contributed by atoms with E-state index in [0.29, 0.717) is 29.4 Å². The third-order valence-electron chi connectivity index (χ3n) is 7.45. The van der Waals surface area contributed by atoms with Crippen LogP contribution in [0.5, 0.6) is 0 Å². The van der Waals surface area contributed by atoms with E-state index in [1.54, 1.807) is 0 Å². The highest BCUT2D eigenvalue weighted by molar-refractivity contribution is 7.85. The summed E-state index contributed by atoms with van der Waals surface area (Å²) in [4.78, 5) is 19.6. The molecule has 1 atom stereocenters. The first kappa shape index (κ1) is 24.0. The van der Waals surface area contributed by atoms with Gasteiger partial charge in [0.2, 0.25) is 5.91 Å². The van der Waals surface area contributed by atoms with E-state index in [9.17, 15) is 17.8 Å². The van der Waals surface area contributed by atoms with Crippen molar-refractivity contribution in [1.29, 1.82) is 0 Å². The summed E-state index contributed by atoms with van der Waals surface area (Å²) in [7, 11) is -0.834. The van der Waals surface area contributed by atoms with Gasteiger partial charge in [-0.1, -0.05) is 11.2 Å². The van der Waals surface area contributed by atoms with E-state index >= 15 is 0 Å². The summed E-state index contributed by atoms with van der Waals surface area (Å²) in [6, 6.07) is 9.23. The van der Waals surface area contributed by atoms with Crippen molar-refractivity contribution in [2.24, 2.45) is 0 Å². The van der Waals surface area contributed by atoms with Crippen molar-refractivity contribution in [3.8, 4) is 11.1 Å². The largest absolute Gasteiger partial charge is 0.361 e. The molecule has 4 heterocycles. The number of amides is 1. The molecule has 2 aromatic heterocycles. The van der Waals surface area contributed by atoms with Crippen LogP contribution in [0.2, 0.25) is 0 Å². The van der Waals surface area contributed by atoms with Gasteiger partial charge in [0.25, 0.3) is 0 Å². The first-order chi connectivity index (χ1) is 17.8. The third-order valence-corrected chi connectivity index (χ3v) is 8.83. The van der Waals surface area contributed by atoms with E-state index in [-0.39, 0.29) is 18.4 Å². The average molecular weight is 525 g/mol. The van der Waals surface area contributed by atoms with E-state index in [4.69, 9.17) is 9.51 Å². The fraction of sp³-hybridized carbons (Fsp3) is 0.370. The van der Waals surface area contributed by atoms with Crippen LogP contribution >= 0.6 is 0 Å².